The molecule has 4 rings (SSSR count). The van der Waals surface area contributed by atoms with Gasteiger partial charge in [-0.05, 0) is 25.0 Å². The van der Waals surface area contributed by atoms with Crippen LogP contribution in [0.2, 0.25) is 0 Å². The molecule has 1 saturated carbocycles. The van der Waals surface area contributed by atoms with E-state index in [1.807, 2.05) is 0 Å². The Kier molecular flexibility index (Phi) is 4.83. The molecule has 0 amide bonds. The number of aromatic nitrogens is 1. The Balaban J connectivity index is 1.50. The van der Waals surface area contributed by atoms with Gasteiger partial charge in [-0.3, -0.25) is 4.90 Å². The van der Waals surface area contributed by atoms with E-state index in [-0.39, 0.29) is 23.9 Å². The van der Waals surface area contributed by atoms with Crippen molar-refractivity contribution >= 4 is 0 Å². The summed E-state index contributed by atoms with van der Waals surface area (Å²) in [6, 6.07) is 6.71. The van der Waals surface area contributed by atoms with Crippen LogP contribution in [-0.2, 0) is 11.3 Å². The van der Waals surface area contributed by atoms with E-state index in [1.54, 1.807) is 24.4 Å². The summed E-state index contributed by atoms with van der Waals surface area (Å²) >= 11 is 0. The first-order chi connectivity index (χ1) is 12.2. The molecule has 134 valence electrons. The van der Waals surface area contributed by atoms with Crippen molar-refractivity contribution in [2.45, 2.75) is 38.0 Å². The summed E-state index contributed by atoms with van der Waals surface area (Å²) < 4.78 is 25.4. The lowest BCUT2D eigenvalue weighted by atomic mass is 9.94. The molecule has 2 fully saturated rings. The zero-order chi connectivity index (χ0) is 17.2. The zero-order valence-corrected chi connectivity index (χ0v) is 14.1. The van der Waals surface area contributed by atoms with Crippen LogP contribution >= 0.6 is 0 Å². The molecular formula is C19H23FN2O3. The van der Waals surface area contributed by atoms with Crippen LogP contribution in [0.5, 0.6) is 0 Å². The molecule has 1 aromatic heterocycles. The third-order valence-corrected chi connectivity index (χ3v) is 5.34. The number of benzene rings is 1. The molecular weight excluding hydrogens is 323 g/mol. The predicted molar refractivity (Wildman–Crippen MR) is 90.3 cm³/mol. The van der Waals surface area contributed by atoms with Crippen molar-refractivity contribution in [2.24, 2.45) is 5.92 Å². The average Bonchev–Trinajstić information content (AvgIpc) is 3.25. The molecule has 0 bridgehead atoms. The van der Waals surface area contributed by atoms with Crippen LogP contribution < -0.4 is 0 Å². The van der Waals surface area contributed by atoms with E-state index in [9.17, 15) is 9.50 Å². The second-order valence-corrected chi connectivity index (χ2v) is 6.87. The molecule has 1 aromatic carbocycles. The van der Waals surface area contributed by atoms with Gasteiger partial charge in [0.1, 0.15) is 5.82 Å². The lowest BCUT2D eigenvalue weighted by Gasteiger charge is -2.39. The highest BCUT2D eigenvalue weighted by molar-refractivity contribution is 5.56. The highest BCUT2D eigenvalue weighted by Gasteiger charge is 2.38. The Morgan fingerprint density at radius 3 is 2.96 bits per heavy atom. The number of morpholine rings is 1. The van der Waals surface area contributed by atoms with Gasteiger partial charge in [0.25, 0.3) is 0 Å². The molecule has 0 radical (unpaired) electrons. The van der Waals surface area contributed by atoms with E-state index in [0.717, 1.165) is 25.8 Å². The molecule has 6 heteroatoms. The fourth-order valence-electron chi connectivity index (χ4n) is 4.01. The molecule has 1 N–H and O–H groups in total. The Morgan fingerprint density at radius 1 is 1.28 bits per heavy atom. The van der Waals surface area contributed by atoms with Crippen molar-refractivity contribution < 1.29 is 18.7 Å². The predicted octanol–water partition coefficient (Wildman–Crippen LogP) is 2.84. The third-order valence-electron chi connectivity index (χ3n) is 5.34. The van der Waals surface area contributed by atoms with Crippen LogP contribution in [0.1, 0.15) is 25.2 Å². The number of aliphatic hydroxyl groups excluding tert-OH is 1. The van der Waals surface area contributed by atoms with E-state index in [4.69, 9.17) is 9.15 Å². The highest BCUT2D eigenvalue weighted by Crippen LogP contribution is 2.33. The molecule has 1 saturated heterocycles. The van der Waals surface area contributed by atoms with Crippen LogP contribution in [0.25, 0.3) is 11.3 Å². The monoisotopic (exact) mass is 346 g/mol. The van der Waals surface area contributed by atoms with Gasteiger partial charge in [-0.15, -0.1) is 0 Å². The van der Waals surface area contributed by atoms with Gasteiger partial charge < -0.3 is 14.3 Å². The Bertz CT molecular complexity index is 720. The Labute approximate surface area is 146 Å². The molecule has 1 aliphatic carbocycles. The largest absolute Gasteiger partial charge is 0.439 e. The number of aliphatic hydroxyl groups is 1. The molecule has 0 spiro atoms. The van der Waals surface area contributed by atoms with Crippen molar-refractivity contribution in [1.29, 1.82) is 0 Å². The standard InChI is InChI=1S/C19H23FN2O3/c20-15-6-2-1-4-13(15)18-10-21-19(25-18)11-22-8-9-24-12-16(22)14-5-3-7-17(14)23/h1-2,4,6,10,14,16-17,23H,3,5,7-9,11-12H2. The Morgan fingerprint density at radius 2 is 2.16 bits per heavy atom. The topological polar surface area (TPSA) is 58.7 Å². The summed E-state index contributed by atoms with van der Waals surface area (Å²) in [6.45, 7) is 2.62. The lowest BCUT2D eigenvalue weighted by molar-refractivity contribution is -0.0562. The highest BCUT2D eigenvalue weighted by atomic mass is 19.1. The maximum Gasteiger partial charge on any atom is 0.209 e. The van der Waals surface area contributed by atoms with Gasteiger partial charge in [-0.25, -0.2) is 9.37 Å². The summed E-state index contributed by atoms with van der Waals surface area (Å²) in [5.41, 5.74) is 0.422. The van der Waals surface area contributed by atoms with Gasteiger partial charge in [-0.2, -0.15) is 0 Å². The molecule has 2 aliphatic rings. The number of hydrogen-bond acceptors (Lipinski definition) is 5. The number of halogens is 1. The van der Waals surface area contributed by atoms with Gasteiger partial charge in [-0.1, -0.05) is 18.6 Å². The molecule has 2 aromatic rings. The van der Waals surface area contributed by atoms with Gasteiger partial charge in [0.2, 0.25) is 5.89 Å². The fraction of sp³-hybridized carbons (Fsp3) is 0.526. The number of rotatable bonds is 4. The normalized spacial score (nSPS) is 27.7. The van der Waals surface area contributed by atoms with Crippen molar-refractivity contribution in [3.8, 4) is 11.3 Å². The van der Waals surface area contributed by atoms with E-state index >= 15 is 0 Å². The summed E-state index contributed by atoms with van der Waals surface area (Å²) in [5, 5.41) is 10.2. The Hall–Kier alpha value is -1.76. The van der Waals surface area contributed by atoms with Crippen LogP contribution in [0.4, 0.5) is 4.39 Å². The molecule has 2 heterocycles. The van der Waals surface area contributed by atoms with Crippen LogP contribution in [0.3, 0.4) is 0 Å². The minimum absolute atomic E-state index is 0.176. The number of ether oxygens (including phenoxy) is 1. The first kappa shape index (κ1) is 16.7. The van der Waals surface area contributed by atoms with Crippen LogP contribution in [0, 0.1) is 11.7 Å². The van der Waals surface area contributed by atoms with Crippen LogP contribution in [-0.4, -0.2) is 46.9 Å². The molecule has 5 nitrogen and oxygen atoms in total. The third kappa shape index (κ3) is 3.47. The van der Waals surface area contributed by atoms with Gasteiger partial charge in [0, 0.05) is 18.5 Å². The van der Waals surface area contributed by atoms with Crippen molar-refractivity contribution in [3.05, 3.63) is 42.2 Å². The van der Waals surface area contributed by atoms with Gasteiger partial charge in [0.15, 0.2) is 5.76 Å². The smallest absolute Gasteiger partial charge is 0.209 e. The van der Waals surface area contributed by atoms with E-state index in [2.05, 4.69) is 9.88 Å². The maximum absolute atomic E-state index is 13.9. The van der Waals surface area contributed by atoms with E-state index < -0.39 is 0 Å². The van der Waals surface area contributed by atoms with Gasteiger partial charge in [0.05, 0.1) is 37.6 Å². The quantitative estimate of drug-likeness (QED) is 0.922. The van der Waals surface area contributed by atoms with Crippen molar-refractivity contribution in [2.75, 3.05) is 19.8 Å². The van der Waals surface area contributed by atoms with E-state index in [1.165, 1.54) is 6.07 Å². The zero-order valence-electron chi connectivity index (χ0n) is 14.1. The summed E-state index contributed by atoms with van der Waals surface area (Å²) in [6.07, 6.45) is 4.27. The minimum atomic E-state index is -0.316. The molecule has 25 heavy (non-hydrogen) atoms. The molecule has 3 atom stereocenters. The average molecular weight is 346 g/mol. The van der Waals surface area contributed by atoms with Crippen molar-refractivity contribution in [3.63, 3.8) is 0 Å². The molecule has 3 unspecified atom stereocenters. The SMILES string of the molecule is OC1CCCC1C1COCCN1Cc1ncc(-c2ccccc2F)o1. The lowest BCUT2D eigenvalue weighted by Crippen LogP contribution is -2.50. The van der Waals surface area contributed by atoms with Crippen molar-refractivity contribution in [1.82, 2.24) is 9.88 Å². The number of hydrogen-bond donors (Lipinski definition) is 1. The first-order valence-electron chi connectivity index (χ1n) is 8.92. The first-order valence-corrected chi connectivity index (χ1v) is 8.92. The minimum Gasteiger partial charge on any atom is -0.439 e. The second kappa shape index (κ2) is 7.23. The van der Waals surface area contributed by atoms with Gasteiger partial charge >= 0.3 is 0 Å². The number of nitrogens with zero attached hydrogens (tertiary/aromatic N) is 2. The fourth-order valence-corrected chi connectivity index (χ4v) is 4.01. The molecule has 1 aliphatic heterocycles. The summed E-state index contributed by atoms with van der Waals surface area (Å²) in [5.74, 6) is 0.932. The van der Waals surface area contributed by atoms with Crippen LogP contribution in [0.15, 0.2) is 34.9 Å². The van der Waals surface area contributed by atoms with E-state index in [0.29, 0.717) is 37.0 Å². The summed E-state index contributed by atoms with van der Waals surface area (Å²) in [4.78, 5) is 6.61. The maximum atomic E-state index is 13.9. The summed E-state index contributed by atoms with van der Waals surface area (Å²) in [7, 11) is 0. The second-order valence-electron chi connectivity index (χ2n) is 6.87. The number of oxazole rings is 1.